The minimum atomic E-state index is -0.402. The second kappa shape index (κ2) is 6.18. The zero-order valence-corrected chi connectivity index (χ0v) is 12.3. The number of halogens is 1. The molecule has 2 aromatic carbocycles. The molecule has 0 fully saturated rings. The minimum Gasteiger partial charge on any atom is -0.326 e. The number of hydrogen-bond donors (Lipinski definition) is 1. The third-order valence-corrected chi connectivity index (χ3v) is 4.26. The Morgan fingerprint density at radius 2 is 1.79 bits per heavy atom. The molecule has 6 heteroatoms. The number of nitro groups is 1. The molecule has 0 radical (unpaired) electrons. The van der Waals surface area contributed by atoms with Crippen LogP contribution in [0, 0.1) is 10.1 Å². The highest BCUT2D eigenvalue weighted by molar-refractivity contribution is 9.10. The zero-order valence-electron chi connectivity index (χ0n) is 9.88. The Balaban J connectivity index is 2.16. The number of nitrogens with two attached hydrogens (primary N) is 1. The van der Waals surface area contributed by atoms with Gasteiger partial charge in [0.15, 0.2) is 0 Å². The van der Waals surface area contributed by atoms with Crippen LogP contribution in [-0.2, 0) is 6.54 Å². The molecule has 0 saturated carbocycles. The van der Waals surface area contributed by atoms with E-state index in [2.05, 4.69) is 15.9 Å². The van der Waals surface area contributed by atoms with Crippen molar-refractivity contribution in [2.24, 2.45) is 5.73 Å². The van der Waals surface area contributed by atoms with Crippen LogP contribution >= 0.6 is 27.7 Å². The first kappa shape index (κ1) is 14.0. The average Bonchev–Trinajstić information content (AvgIpc) is 2.39. The van der Waals surface area contributed by atoms with Crippen LogP contribution < -0.4 is 5.73 Å². The smallest absolute Gasteiger partial charge is 0.269 e. The molecule has 0 aliphatic heterocycles. The van der Waals surface area contributed by atoms with E-state index in [9.17, 15) is 10.1 Å². The molecular weight excluding hydrogens is 328 g/mol. The first-order valence-corrected chi connectivity index (χ1v) is 7.12. The number of rotatable bonds is 4. The normalized spacial score (nSPS) is 10.4. The Hall–Kier alpha value is -1.37. The van der Waals surface area contributed by atoms with Crippen LogP contribution in [0.5, 0.6) is 0 Å². The van der Waals surface area contributed by atoms with Gasteiger partial charge < -0.3 is 5.73 Å². The summed E-state index contributed by atoms with van der Waals surface area (Å²) in [6, 6.07) is 12.4. The number of non-ortho nitro benzene ring substituents is 1. The lowest BCUT2D eigenvalue weighted by molar-refractivity contribution is -0.384. The SMILES string of the molecule is NCc1ccc(Sc2ccc([N+](=O)[O-])cc2)cc1Br. The molecule has 0 amide bonds. The number of nitrogens with zero attached hydrogens (tertiary/aromatic N) is 1. The summed E-state index contributed by atoms with van der Waals surface area (Å²) in [5, 5.41) is 10.6. The van der Waals surface area contributed by atoms with Gasteiger partial charge in [0.2, 0.25) is 0 Å². The molecule has 0 spiro atoms. The maximum Gasteiger partial charge on any atom is 0.269 e. The summed E-state index contributed by atoms with van der Waals surface area (Å²) in [5.74, 6) is 0. The Labute approximate surface area is 123 Å². The van der Waals surface area contributed by atoms with E-state index in [1.165, 1.54) is 12.1 Å². The van der Waals surface area contributed by atoms with Gasteiger partial charge in [-0.05, 0) is 29.8 Å². The fraction of sp³-hybridized carbons (Fsp3) is 0.0769. The topological polar surface area (TPSA) is 69.2 Å². The molecule has 2 aromatic rings. The van der Waals surface area contributed by atoms with Crippen molar-refractivity contribution in [3.63, 3.8) is 0 Å². The Kier molecular flexibility index (Phi) is 4.57. The molecule has 2 rings (SSSR count). The minimum absolute atomic E-state index is 0.101. The van der Waals surface area contributed by atoms with Crippen molar-refractivity contribution in [1.82, 2.24) is 0 Å². The fourth-order valence-corrected chi connectivity index (χ4v) is 3.08. The first-order valence-electron chi connectivity index (χ1n) is 5.51. The monoisotopic (exact) mass is 338 g/mol. The predicted molar refractivity (Wildman–Crippen MR) is 79.3 cm³/mol. The molecule has 0 atom stereocenters. The molecule has 0 aliphatic carbocycles. The maximum absolute atomic E-state index is 10.6. The van der Waals surface area contributed by atoms with Crippen molar-refractivity contribution < 1.29 is 4.92 Å². The van der Waals surface area contributed by atoms with Gasteiger partial charge in [-0.1, -0.05) is 33.8 Å². The van der Waals surface area contributed by atoms with Crippen molar-refractivity contribution >= 4 is 33.4 Å². The molecule has 0 aliphatic rings. The van der Waals surface area contributed by atoms with Gasteiger partial charge in [0, 0.05) is 32.9 Å². The molecule has 98 valence electrons. The lowest BCUT2D eigenvalue weighted by Gasteiger charge is -2.05. The molecule has 0 heterocycles. The molecule has 2 N–H and O–H groups in total. The van der Waals surface area contributed by atoms with E-state index in [0.717, 1.165) is 19.8 Å². The Bertz CT molecular complexity index is 602. The summed E-state index contributed by atoms with van der Waals surface area (Å²) in [5.41, 5.74) is 6.75. The van der Waals surface area contributed by atoms with Gasteiger partial charge in [0.05, 0.1) is 4.92 Å². The molecule has 0 unspecified atom stereocenters. The van der Waals surface area contributed by atoms with Gasteiger partial charge in [-0.2, -0.15) is 0 Å². The van der Waals surface area contributed by atoms with Crippen LogP contribution in [0.1, 0.15) is 5.56 Å². The summed E-state index contributed by atoms with van der Waals surface area (Å²) >= 11 is 5.02. The van der Waals surface area contributed by atoms with Crippen LogP contribution in [0.3, 0.4) is 0 Å². The van der Waals surface area contributed by atoms with Crippen LogP contribution in [0.15, 0.2) is 56.7 Å². The second-order valence-corrected chi connectivity index (χ2v) is 5.81. The van der Waals surface area contributed by atoms with E-state index >= 15 is 0 Å². The third kappa shape index (κ3) is 3.56. The van der Waals surface area contributed by atoms with E-state index in [1.54, 1.807) is 23.9 Å². The Morgan fingerprint density at radius 1 is 1.16 bits per heavy atom. The largest absolute Gasteiger partial charge is 0.326 e. The summed E-state index contributed by atoms with van der Waals surface area (Å²) in [6.07, 6.45) is 0. The predicted octanol–water partition coefficient (Wildman–Crippen LogP) is 3.97. The molecular formula is C13H11BrN2O2S. The van der Waals surface area contributed by atoms with Gasteiger partial charge in [0.1, 0.15) is 0 Å². The van der Waals surface area contributed by atoms with E-state index in [0.29, 0.717) is 6.54 Å². The highest BCUT2D eigenvalue weighted by atomic mass is 79.9. The first-order chi connectivity index (χ1) is 9.10. The summed E-state index contributed by atoms with van der Waals surface area (Å²) in [4.78, 5) is 12.2. The maximum atomic E-state index is 10.6. The van der Waals surface area contributed by atoms with E-state index in [1.807, 2.05) is 18.2 Å². The summed E-state index contributed by atoms with van der Waals surface area (Å²) in [6.45, 7) is 0.489. The van der Waals surface area contributed by atoms with Crippen molar-refractivity contribution in [1.29, 1.82) is 0 Å². The van der Waals surface area contributed by atoms with Crippen molar-refractivity contribution in [2.75, 3.05) is 0 Å². The van der Waals surface area contributed by atoms with Gasteiger partial charge in [-0.25, -0.2) is 0 Å². The van der Waals surface area contributed by atoms with Crippen molar-refractivity contribution in [3.8, 4) is 0 Å². The lowest BCUT2D eigenvalue weighted by atomic mass is 10.2. The highest BCUT2D eigenvalue weighted by Gasteiger charge is 2.06. The zero-order chi connectivity index (χ0) is 13.8. The second-order valence-electron chi connectivity index (χ2n) is 3.81. The highest BCUT2D eigenvalue weighted by Crippen LogP contribution is 2.31. The summed E-state index contributed by atoms with van der Waals surface area (Å²) in [7, 11) is 0. The van der Waals surface area contributed by atoms with Gasteiger partial charge in [-0.15, -0.1) is 0 Å². The lowest BCUT2D eigenvalue weighted by Crippen LogP contribution is -1.96. The van der Waals surface area contributed by atoms with E-state index < -0.39 is 4.92 Å². The third-order valence-electron chi connectivity index (χ3n) is 2.53. The quantitative estimate of drug-likeness (QED) is 0.676. The Morgan fingerprint density at radius 3 is 2.32 bits per heavy atom. The van der Waals surface area contributed by atoms with Gasteiger partial charge in [0.25, 0.3) is 5.69 Å². The van der Waals surface area contributed by atoms with E-state index in [-0.39, 0.29) is 5.69 Å². The van der Waals surface area contributed by atoms with Crippen LogP contribution in [0.4, 0.5) is 5.69 Å². The fourth-order valence-electron chi connectivity index (χ4n) is 1.53. The standard InChI is InChI=1S/C13H11BrN2O2S/c14-13-7-12(4-1-9(13)8-15)19-11-5-2-10(3-6-11)16(17)18/h1-7H,8,15H2. The summed E-state index contributed by atoms with van der Waals surface area (Å²) < 4.78 is 0.974. The van der Waals surface area contributed by atoms with Crippen LogP contribution in [0.2, 0.25) is 0 Å². The van der Waals surface area contributed by atoms with Crippen LogP contribution in [0.25, 0.3) is 0 Å². The number of nitro benzene ring substituents is 1. The number of benzene rings is 2. The number of hydrogen-bond acceptors (Lipinski definition) is 4. The average molecular weight is 339 g/mol. The molecule has 19 heavy (non-hydrogen) atoms. The van der Waals surface area contributed by atoms with Gasteiger partial charge >= 0.3 is 0 Å². The van der Waals surface area contributed by atoms with E-state index in [4.69, 9.17) is 5.73 Å². The molecule has 0 bridgehead atoms. The molecule has 4 nitrogen and oxygen atoms in total. The molecule has 0 saturated heterocycles. The molecule has 0 aromatic heterocycles. The van der Waals surface area contributed by atoms with Crippen LogP contribution in [-0.4, -0.2) is 4.92 Å². The van der Waals surface area contributed by atoms with Gasteiger partial charge in [-0.3, -0.25) is 10.1 Å². The van der Waals surface area contributed by atoms with Crippen molar-refractivity contribution in [2.45, 2.75) is 16.3 Å². The van der Waals surface area contributed by atoms with Crippen molar-refractivity contribution in [3.05, 3.63) is 62.6 Å².